The van der Waals surface area contributed by atoms with E-state index in [1.165, 1.54) is 11.1 Å². The predicted octanol–water partition coefficient (Wildman–Crippen LogP) is 0.966. The van der Waals surface area contributed by atoms with Gasteiger partial charge < -0.3 is 15.6 Å². The van der Waals surface area contributed by atoms with E-state index in [-0.39, 0.29) is 6.54 Å². The molecule has 0 bridgehead atoms. The molecule has 0 fully saturated rings. The van der Waals surface area contributed by atoms with E-state index in [1.54, 1.807) is 0 Å². The van der Waals surface area contributed by atoms with E-state index in [2.05, 4.69) is 0 Å². The third-order valence-electron chi connectivity index (χ3n) is 2.84. The second kappa shape index (κ2) is 4.53. The van der Waals surface area contributed by atoms with Crippen molar-refractivity contribution in [2.24, 2.45) is 5.73 Å². The molecular formula is C12H15NO3. The van der Waals surface area contributed by atoms with Crippen LogP contribution in [-0.4, -0.2) is 23.7 Å². The third kappa shape index (κ3) is 2.17. The molecule has 1 atom stereocenters. The number of nitrogens with two attached hydrogens (primary N) is 1. The van der Waals surface area contributed by atoms with Gasteiger partial charge in [-0.05, 0) is 42.5 Å². The Bertz CT molecular complexity index is 403. The highest BCUT2D eigenvalue weighted by molar-refractivity contribution is 5.73. The van der Waals surface area contributed by atoms with Crippen molar-refractivity contribution in [1.29, 1.82) is 0 Å². The first-order valence-electron chi connectivity index (χ1n) is 5.42. The Labute approximate surface area is 94.0 Å². The molecule has 0 saturated heterocycles. The van der Waals surface area contributed by atoms with Gasteiger partial charge in [0.1, 0.15) is 5.75 Å². The van der Waals surface area contributed by atoms with E-state index in [9.17, 15) is 4.79 Å². The average molecular weight is 221 g/mol. The van der Waals surface area contributed by atoms with Crippen LogP contribution in [0.2, 0.25) is 0 Å². The number of rotatable bonds is 4. The zero-order valence-corrected chi connectivity index (χ0v) is 8.98. The van der Waals surface area contributed by atoms with Gasteiger partial charge in [0.05, 0.1) is 0 Å². The molecule has 1 aromatic carbocycles. The van der Waals surface area contributed by atoms with Crippen LogP contribution < -0.4 is 10.5 Å². The second-order valence-electron chi connectivity index (χ2n) is 3.96. The maximum absolute atomic E-state index is 10.8. The summed E-state index contributed by atoms with van der Waals surface area (Å²) in [4.78, 5) is 10.8. The van der Waals surface area contributed by atoms with Gasteiger partial charge in [-0.2, -0.15) is 0 Å². The predicted molar refractivity (Wildman–Crippen MR) is 59.6 cm³/mol. The number of aryl methyl sites for hydroxylation is 2. The van der Waals surface area contributed by atoms with E-state index in [1.807, 2.05) is 18.2 Å². The molecule has 4 nitrogen and oxygen atoms in total. The highest BCUT2D eigenvalue weighted by Crippen LogP contribution is 2.26. The fraction of sp³-hybridized carbons (Fsp3) is 0.417. The van der Waals surface area contributed by atoms with E-state index in [0.29, 0.717) is 5.75 Å². The van der Waals surface area contributed by atoms with Crippen molar-refractivity contribution in [3.05, 3.63) is 29.3 Å². The molecule has 0 aliphatic heterocycles. The summed E-state index contributed by atoms with van der Waals surface area (Å²) in [6, 6.07) is 5.75. The van der Waals surface area contributed by atoms with Crippen LogP contribution in [0.4, 0.5) is 0 Å². The van der Waals surface area contributed by atoms with Gasteiger partial charge >= 0.3 is 5.97 Å². The summed E-state index contributed by atoms with van der Waals surface area (Å²) in [7, 11) is 0. The Morgan fingerprint density at radius 2 is 2.19 bits per heavy atom. The van der Waals surface area contributed by atoms with Crippen LogP contribution in [0, 0.1) is 0 Å². The summed E-state index contributed by atoms with van der Waals surface area (Å²) in [5, 5.41) is 8.82. The minimum Gasteiger partial charge on any atom is -0.478 e. The third-order valence-corrected chi connectivity index (χ3v) is 2.84. The van der Waals surface area contributed by atoms with Gasteiger partial charge in [0, 0.05) is 6.54 Å². The van der Waals surface area contributed by atoms with E-state index < -0.39 is 12.1 Å². The first-order valence-corrected chi connectivity index (χ1v) is 5.42. The minimum absolute atomic E-state index is 0.0214. The lowest BCUT2D eigenvalue weighted by atomic mass is 10.1. The fourth-order valence-corrected chi connectivity index (χ4v) is 1.99. The second-order valence-corrected chi connectivity index (χ2v) is 3.96. The molecule has 3 N–H and O–H groups in total. The van der Waals surface area contributed by atoms with E-state index in [0.717, 1.165) is 19.3 Å². The summed E-state index contributed by atoms with van der Waals surface area (Å²) in [5.74, 6) is -0.429. The zero-order valence-electron chi connectivity index (χ0n) is 8.98. The monoisotopic (exact) mass is 221 g/mol. The molecule has 0 aromatic heterocycles. The Morgan fingerprint density at radius 3 is 2.88 bits per heavy atom. The van der Waals surface area contributed by atoms with Crippen molar-refractivity contribution < 1.29 is 14.6 Å². The Morgan fingerprint density at radius 1 is 1.44 bits per heavy atom. The average Bonchev–Trinajstić information content (AvgIpc) is 2.72. The lowest BCUT2D eigenvalue weighted by Crippen LogP contribution is -2.34. The van der Waals surface area contributed by atoms with Gasteiger partial charge in [-0.1, -0.05) is 6.07 Å². The molecule has 1 aliphatic carbocycles. The van der Waals surface area contributed by atoms with E-state index in [4.69, 9.17) is 15.6 Å². The van der Waals surface area contributed by atoms with Crippen LogP contribution in [0.3, 0.4) is 0 Å². The summed E-state index contributed by atoms with van der Waals surface area (Å²) >= 11 is 0. The van der Waals surface area contributed by atoms with Gasteiger partial charge in [-0.15, -0.1) is 0 Å². The first-order chi connectivity index (χ1) is 7.70. The minimum atomic E-state index is -1.03. The van der Waals surface area contributed by atoms with Crippen LogP contribution in [0.15, 0.2) is 18.2 Å². The van der Waals surface area contributed by atoms with Crippen LogP contribution in [0.5, 0.6) is 5.75 Å². The van der Waals surface area contributed by atoms with E-state index >= 15 is 0 Å². The number of aliphatic carboxylic acids is 1. The number of hydrogen-bond donors (Lipinski definition) is 2. The molecular weight excluding hydrogens is 206 g/mol. The maximum Gasteiger partial charge on any atom is 0.346 e. The first kappa shape index (κ1) is 11.0. The number of carboxylic acid groups (broad SMARTS) is 1. The molecule has 0 heterocycles. The molecule has 1 aromatic rings. The smallest absolute Gasteiger partial charge is 0.346 e. The standard InChI is InChI=1S/C12H15NO3/c13-7-11(12(14)15)16-10-5-4-8-2-1-3-9(8)6-10/h4-6,11H,1-3,7,13H2,(H,14,15). The normalized spacial score (nSPS) is 15.6. The number of carboxylic acids is 1. The fourth-order valence-electron chi connectivity index (χ4n) is 1.99. The van der Waals surface area contributed by atoms with Crippen molar-refractivity contribution in [2.75, 3.05) is 6.54 Å². The number of benzene rings is 1. The maximum atomic E-state index is 10.8. The molecule has 0 amide bonds. The summed E-state index contributed by atoms with van der Waals surface area (Å²) in [5.41, 5.74) is 7.93. The summed E-state index contributed by atoms with van der Waals surface area (Å²) in [6.45, 7) is -0.0214. The molecule has 1 aliphatic rings. The topological polar surface area (TPSA) is 72.5 Å². The van der Waals surface area contributed by atoms with Crippen molar-refractivity contribution >= 4 is 5.97 Å². The molecule has 2 rings (SSSR count). The highest BCUT2D eigenvalue weighted by atomic mass is 16.5. The molecule has 0 spiro atoms. The van der Waals surface area contributed by atoms with Gasteiger partial charge in [0.15, 0.2) is 0 Å². The quantitative estimate of drug-likeness (QED) is 0.794. The van der Waals surface area contributed by atoms with Gasteiger partial charge in [-0.25, -0.2) is 4.79 Å². The van der Waals surface area contributed by atoms with Gasteiger partial charge in [0.25, 0.3) is 0 Å². The molecule has 0 radical (unpaired) electrons. The van der Waals surface area contributed by atoms with Crippen molar-refractivity contribution in [2.45, 2.75) is 25.4 Å². The SMILES string of the molecule is NCC(Oc1ccc2c(c1)CCC2)C(=O)O. The molecule has 1 unspecified atom stereocenters. The molecule has 16 heavy (non-hydrogen) atoms. The van der Waals surface area contributed by atoms with Crippen molar-refractivity contribution in [1.82, 2.24) is 0 Å². The van der Waals surface area contributed by atoms with Crippen LogP contribution >= 0.6 is 0 Å². The molecule has 4 heteroatoms. The van der Waals surface area contributed by atoms with Crippen LogP contribution in [0.1, 0.15) is 17.5 Å². The van der Waals surface area contributed by atoms with Gasteiger partial charge in [-0.3, -0.25) is 0 Å². The number of ether oxygens (including phenoxy) is 1. The Hall–Kier alpha value is -1.55. The van der Waals surface area contributed by atoms with Crippen LogP contribution in [-0.2, 0) is 17.6 Å². The molecule has 86 valence electrons. The molecule has 0 saturated carbocycles. The van der Waals surface area contributed by atoms with Crippen LogP contribution in [0.25, 0.3) is 0 Å². The zero-order chi connectivity index (χ0) is 11.5. The highest BCUT2D eigenvalue weighted by Gasteiger charge is 2.18. The van der Waals surface area contributed by atoms with Crippen molar-refractivity contribution in [3.63, 3.8) is 0 Å². The van der Waals surface area contributed by atoms with Crippen molar-refractivity contribution in [3.8, 4) is 5.75 Å². The number of carbonyl (C=O) groups is 1. The largest absolute Gasteiger partial charge is 0.478 e. The summed E-state index contributed by atoms with van der Waals surface area (Å²) in [6.07, 6.45) is 2.36. The number of hydrogen-bond acceptors (Lipinski definition) is 3. The lowest BCUT2D eigenvalue weighted by Gasteiger charge is -2.13. The lowest BCUT2D eigenvalue weighted by molar-refractivity contribution is -0.144. The Balaban J connectivity index is 2.13. The summed E-state index contributed by atoms with van der Waals surface area (Å²) < 4.78 is 5.33. The van der Waals surface area contributed by atoms with Gasteiger partial charge in [0.2, 0.25) is 6.10 Å². The Kier molecular flexibility index (Phi) is 3.10. The number of fused-ring (bicyclic) bond motifs is 1.